The Hall–Kier alpha value is -3.40. The lowest BCUT2D eigenvalue weighted by atomic mass is 10.0. The fourth-order valence-electron chi connectivity index (χ4n) is 4.03. The van der Waals surface area contributed by atoms with Crippen LogP contribution in [-0.2, 0) is 32.8 Å². The van der Waals surface area contributed by atoms with Crippen LogP contribution in [0.3, 0.4) is 0 Å². The van der Waals surface area contributed by atoms with Crippen LogP contribution in [0.5, 0.6) is 0 Å². The SMILES string of the molecule is CC(C)NC(=O)[C@@H](Cc1ccccc1)N(Cc1ccc(Cl)cc1)C(=O)CN(c1ccccc1)S(=O)(=O)N(C)C. The zero-order valence-electron chi connectivity index (χ0n) is 22.6. The molecule has 0 bridgehead atoms. The number of amides is 2. The molecule has 0 saturated carbocycles. The molecule has 0 aliphatic rings. The van der Waals surface area contributed by atoms with Gasteiger partial charge in [-0.25, -0.2) is 4.31 Å². The number of anilines is 1. The molecule has 0 spiro atoms. The maximum absolute atomic E-state index is 14.1. The number of carbonyl (C=O) groups excluding carboxylic acids is 2. The summed E-state index contributed by atoms with van der Waals surface area (Å²) in [6.45, 7) is 3.30. The summed E-state index contributed by atoms with van der Waals surface area (Å²) in [4.78, 5) is 29.1. The number of nitrogens with zero attached hydrogens (tertiary/aromatic N) is 3. The lowest BCUT2D eigenvalue weighted by Crippen LogP contribution is -2.55. The van der Waals surface area contributed by atoms with Crippen LogP contribution in [0.4, 0.5) is 5.69 Å². The predicted octanol–water partition coefficient (Wildman–Crippen LogP) is 4.12. The van der Waals surface area contributed by atoms with Gasteiger partial charge in [-0.1, -0.05) is 72.3 Å². The maximum Gasteiger partial charge on any atom is 0.304 e. The van der Waals surface area contributed by atoms with Crippen LogP contribution in [-0.4, -0.2) is 62.2 Å². The van der Waals surface area contributed by atoms with Gasteiger partial charge in [0.1, 0.15) is 12.6 Å². The number of hydrogen-bond donors (Lipinski definition) is 1. The van der Waals surface area contributed by atoms with Gasteiger partial charge < -0.3 is 10.2 Å². The summed E-state index contributed by atoms with van der Waals surface area (Å²) in [6.07, 6.45) is 0.254. The number of para-hydroxylation sites is 1. The van der Waals surface area contributed by atoms with Gasteiger partial charge in [-0.3, -0.25) is 9.59 Å². The first-order valence-electron chi connectivity index (χ1n) is 12.6. The van der Waals surface area contributed by atoms with Crippen molar-refractivity contribution in [2.45, 2.75) is 38.9 Å². The second-order valence-corrected chi connectivity index (χ2v) is 12.2. The molecule has 0 aliphatic carbocycles. The van der Waals surface area contributed by atoms with Crippen molar-refractivity contribution in [2.24, 2.45) is 0 Å². The summed E-state index contributed by atoms with van der Waals surface area (Å²) < 4.78 is 28.7. The molecule has 0 radical (unpaired) electrons. The van der Waals surface area contributed by atoms with Crippen LogP contribution in [0.1, 0.15) is 25.0 Å². The molecule has 3 aromatic rings. The summed E-state index contributed by atoms with van der Waals surface area (Å²) in [5.74, 6) is -0.836. The quantitative estimate of drug-likeness (QED) is 0.355. The molecular weight excluding hydrogens is 536 g/mol. The van der Waals surface area contributed by atoms with E-state index in [2.05, 4.69) is 5.32 Å². The van der Waals surface area contributed by atoms with Crippen molar-refractivity contribution in [3.63, 3.8) is 0 Å². The van der Waals surface area contributed by atoms with E-state index in [4.69, 9.17) is 11.6 Å². The van der Waals surface area contributed by atoms with E-state index in [9.17, 15) is 18.0 Å². The largest absolute Gasteiger partial charge is 0.352 e. The number of halogens is 1. The van der Waals surface area contributed by atoms with E-state index in [1.54, 1.807) is 54.6 Å². The molecule has 1 N–H and O–H groups in total. The third kappa shape index (κ3) is 8.29. The van der Waals surface area contributed by atoms with Gasteiger partial charge in [0.05, 0.1) is 5.69 Å². The van der Waals surface area contributed by atoms with Crippen molar-refractivity contribution in [1.29, 1.82) is 0 Å². The maximum atomic E-state index is 14.1. The van der Waals surface area contributed by atoms with Gasteiger partial charge in [0.2, 0.25) is 11.8 Å². The number of benzene rings is 3. The molecule has 0 aromatic heterocycles. The Morgan fingerprint density at radius 1 is 0.846 bits per heavy atom. The number of nitrogens with one attached hydrogen (secondary N) is 1. The van der Waals surface area contributed by atoms with Gasteiger partial charge in [-0.2, -0.15) is 12.7 Å². The topological polar surface area (TPSA) is 90.0 Å². The molecule has 39 heavy (non-hydrogen) atoms. The van der Waals surface area contributed by atoms with Gasteiger partial charge in [-0.05, 0) is 49.2 Å². The standard InChI is InChI=1S/C29H35ClN4O4S/c1-22(2)31-29(36)27(19-23-11-7-5-8-12-23)33(20-24-15-17-25(30)18-16-24)28(35)21-34(39(37,38)32(3)4)26-13-9-6-10-14-26/h5-18,22,27H,19-21H2,1-4H3,(H,31,36)/t27-/m1/s1. The van der Waals surface area contributed by atoms with E-state index >= 15 is 0 Å². The van der Waals surface area contributed by atoms with E-state index in [1.807, 2.05) is 44.2 Å². The fourth-order valence-corrected chi connectivity index (χ4v) is 5.21. The molecule has 1 atom stereocenters. The highest BCUT2D eigenvalue weighted by Crippen LogP contribution is 2.22. The Bertz CT molecular complexity index is 1330. The van der Waals surface area contributed by atoms with Crippen LogP contribution >= 0.6 is 11.6 Å². The minimum Gasteiger partial charge on any atom is -0.352 e. The molecule has 2 amide bonds. The predicted molar refractivity (Wildman–Crippen MR) is 156 cm³/mol. The molecular formula is C29H35ClN4O4S. The Kier molecular flexibility index (Phi) is 10.5. The zero-order valence-corrected chi connectivity index (χ0v) is 24.2. The molecule has 208 valence electrons. The van der Waals surface area contributed by atoms with E-state index in [0.29, 0.717) is 10.7 Å². The number of hydrogen-bond acceptors (Lipinski definition) is 4. The van der Waals surface area contributed by atoms with Crippen LogP contribution in [0.2, 0.25) is 5.02 Å². The fraction of sp³-hybridized carbons (Fsp3) is 0.310. The lowest BCUT2D eigenvalue weighted by molar-refractivity contribution is -0.140. The van der Waals surface area contributed by atoms with Crippen molar-refractivity contribution in [2.75, 3.05) is 24.9 Å². The van der Waals surface area contributed by atoms with Crippen LogP contribution in [0, 0.1) is 0 Å². The van der Waals surface area contributed by atoms with Crippen LogP contribution in [0.15, 0.2) is 84.9 Å². The summed E-state index contributed by atoms with van der Waals surface area (Å²) in [6, 6.07) is 23.8. The molecule has 0 saturated heterocycles. The van der Waals surface area contributed by atoms with E-state index in [-0.39, 0.29) is 24.9 Å². The molecule has 10 heteroatoms. The summed E-state index contributed by atoms with van der Waals surface area (Å²) in [5, 5.41) is 3.48. The zero-order chi connectivity index (χ0) is 28.6. The Morgan fingerprint density at radius 2 is 1.41 bits per heavy atom. The molecule has 3 rings (SSSR count). The van der Waals surface area contributed by atoms with Crippen LogP contribution in [0.25, 0.3) is 0 Å². The molecule has 0 aliphatic heterocycles. The van der Waals surface area contributed by atoms with Crippen molar-refractivity contribution < 1.29 is 18.0 Å². The second-order valence-electron chi connectivity index (χ2n) is 9.65. The Morgan fingerprint density at radius 3 is 1.95 bits per heavy atom. The highest BCUT2D eigenvalue weighted by atomic mass is 35.5. The monoisotopic (exact) mass is 570 g/mol. The normalized spacial score (nSPS) is 12.3. The van der Waals surface area contributed by atoms with E-state index in [1.165, 1.54) is 19.0 Å². The second kappa shape index (κ2) is 13.6. The number of carbonyl (C=O) groups is 2. The van der Waals surface area contributed by atoms with Gasteiger partial charge >= 0.3 is 10.2 Å². The first-order chi connectivity index (χ1) is 18.5. The average molecular weight is 571 g/mol. The summed E-state index contributed by atoms with van der Waals surface area (Å²) in [7, 11) is -1.20. The Labute approximate surface area is 236 Å². The van der Waals surface area contributed by atoms with Gasteiger partial charge in [0, 0.05) is 38.1 Å². The van der Waals surface area contributed by atoms with Crippen molar-refractivity contribution in [1.82, 2.24) is 14.5 Å². The van der Waals surface area contributed by atoms with Crippen molar-refractivity contribution in [3.05, 3.63) is 101 Å². The molecule has 0 heterocycles. The molecule has 8 nitrogen and oxygen atoms in total. The smallest absolute Gasteiger partial charge is 0.304 e. The van der Waals surface area contributed by atoms with Gasteiger partial charge in [0.25, 0.3) is 0 Å². The van der Waals surface area contributed by atoms with Crippen LogP contribution < -0.4 is 9.62 Å². The first kappa shape index (κ1) is 30.1. The third-order valence-electron chi connectivity index (χ3n) is 6.03. The average Bonchev–Trinajstić information content (AvgIpc) is 2.90. The first-order valence-corrected chi connectivity index (χ1v) is 14.4. The Balaban J connectivity index is 2.07. The van der Waals surface area contributed by atoms with E-state index < -0.39 is 28.7 Å². The van der Waals surface area contributed by atoms with Gasteiger partial charge in [-0.15, -0.1) is 0 Å². The minimum absolute atomic E-state index is 0.0870. The minimum atomic E-state index is -4.02. The molecule has 0 unspecified atom stereocenters. The van der Waals surface area contributed by atoms with Gasteiger partial charge in [0.15, 0.2) is 0 Å². The van der Waals surface area contributed by atoms with E-state index in [0.717, 1.165) is 19.7 Å². The molecule has 3 aromatic carbocycles. The summed E-state index contributed by atoms with van der Waals surface area (Å²) in [5.41, 5.74) is 1.97. The van der Waals surface area contributed by atoms with Crippen molar-refractivity contribution in [3.8, 4) is 0 Å². The summed E-state index contributed by atoms with van der Waals surface area (Å²) >= 11 is 6.08. The highest BCUT2D eigenvalue weighted by Gasteiger charge is 2.34. The third-order valence-corrected chi connectivity index (χ3v) is 8.10. The molecule has 0 fully saturated rings. The van der Waals surface area contributed by atoms with Crippen molar-refractivity contribution >= 4 is 39.3 Å². The lowest BCUT2D eigenvalue weighted by Gasteiger charge is -2.34. The highest BCUT2D eigenvalue weighted by molar-refractivity contribution is 7.90. The number of rotatable bonds is 12.